The molecule has 0 aliphatic carbocycles. The molecule has 138 valence electrons. The summed E-state index contributed by atoms with van der Waals surface area (Å²) in [6.07, 6.45) is 0.824. The smallest absolute Gasteiger partial charge is 0.261 e. The monoisotopic (exact) mass is 393 g/mol. The molecule has 4 N–H and O–H groups in total. The molecule has 2 aromatic carbocycles. The first kappa shape index (κ1) is 19.8. The van der Waals surface area contributed by atoms with Gasteiger partial charge in [-0.25, -0.2) is 13.6 Å². The third-order valence-corrected chi connectivity index (χ3v) is 4.39. The van der Waals surface area contributed by atoms with E-state index in [1.807, 2.05) is 6.92 Å². The fourth-order valence-corrected chi connectivity index (χ4v) is 2.78. The van der Waals surface area contributed by atoms with E-state index >= 15 is 0 Å². The number of nitrogens with one attached hydrogen (secondary N) is 2. The van der Waals surface area contributed by atoms with Crippen LogP contribution in [-0.2, 0) is 10.0 Å². The van der Waals surface area contributed by atoms with Crippen LogP contribution in [0.2, 0.25) is 0 Å². The Balaban J connectivity index is 2.03. The zero-order valence-electron chi connectivity index (χ0n) is 14.1. The summed E-state index contributed by atoms with van der Waals surface area (Å²) in [5.74, 6) is 0.0718. The Labute approximate surface area is 157 Å². The summed E-state index contributed by atoms with van der Waals surface area (Å²) in [7, 11) is -3.76. The number of thiocarbonyl (C=S) groups is 1. The van der Waals surface area contributed by atoms with Crippen LogP contribution < -0.4 is 20.5 Å². The Bertz CT molecular complexity index is 896. The predicted molar refractivity (Wildman–Crippen MR) is 104 cm³/mol. The molecule has 0 fully saturated rings. The van der Waals surface area contributed by atoms with Crippen LogP contribution in [0.1, 0.15) is 23.7 Å². The van der Waals surface area contributed by atoms with Crippen molar-refractivity contribution in [3.8, 4) is 5.75 Å². The van der Waals surface area contributed by atoms with Gasteiger partial charge in [0.25, 0.3) is 5.91 Å². The van der Waals surface area contributed by atoms with Crippen molar-refractivity contribution in [2.75, 3.05) is 11.9 Å². The third kappa shape index (κ3) is 5.51. The molecule has 0 saturated carbocycles. The van der Waals surface area contributed by atoms with Crippen molar-refractivity contribution in [2.24, 2.45) is 5.14 Å². The molecule has 0 heterocycles. The largest absolute Gasteiger partial charge is 0.493 e. The van der Waals surface area contributed by atoms with Crippen LogP contribution in [0.4, 0.5) is 5.69 Å². The van der Waals surface area contributed by atoms with Crippen LogP contribution in [0, 0.1) is 0 Å². The van der Waals surface area contributed by atoms with Gasteiger partial charge in [-0.2, -0.15) is 0 Å². The molecule has 0 radical (unpaired) electrons. The average Bonchev–Trinajstić information content (AvgIpc) is 2.59. The Morgan fingerprint density at radius 1 is 1.15 bits per heavy atom. The van der Waals surface area contributed by atoms with Crippen molar-refractivity contribution < 1.29 is 17.9 Å². The molecule has 2 rings (SSSR count). The minimum Gasteiger partial charge on any atom is -0.493 e. The van der Waals surface area contributed by atoms with Crippen LogP contribution in [0.3, 0.4) is 0 Å². The maximum atomic E-state index is 12.4. The second kappa shape index (κ2) is 8.75. The molecule has 0 atom stereocenters. The van der Waals surface area contributed by atoms with Gasteiger partial charge in [0.15, 0.2) is 5.11 Å². The van der Waals surface area contributed by atoms with Crippen molar-refractivity contribution in [3.05, 3.63) is 54.1 Å². The lowest BCUT2D eigenvalue weighted by atomic mass is 10.2. The van der Waals surface area contributed by atoms with Gasteiger partial charge >= 0.3 is 0 Å². The summed E-state index contributed by atoms with van der Waals surface area (Å²) < 4.78 is 28.0. The first-order valence-electron chi connectivity index (χ1n) is 7.78. The summed E-state index contributed by atoms with van der Waals surface area (Å²) in [6, 6.07) is 12.6. The van der Waals surface area contributed by atoms with E-state index in [9.17, 15) is 13.2 Å². The number of anilines is 1. The maximum absolute atomic E-state index is 12.4. The van der Waals surface area contributed by atoms with Crippen molar-refractivity contribution in [1.29, 1.82) is 0 Å². The second-order valence-electron chi connectivity index (χ2n) is 5.32. The van der Waals surface area contributed by atoms with E-state index in [4.69, 9.17) is 22.1 Å². The van der Waals surface area contributed by atoms with Gasteiger partial charge in [-0.3, -0.25) is 10.1 Å². The highest BCUT2D eigenvalue weighted by molar-refractivity contribution is 7.89. The zero-order valence-corrected chi connectivity index (χ0v) is 15.7. The number of ether oxygens (including phenoxy) is 1. The van der Waals surface area contributed by atoms with Gasteiger partial charge in [0.1, 0.15) is 5.75 Å². The van der Waals surface area contributed by atoms with E-state index in [1.54, 1.807) is 24.3 Å². The fourth-order valence-electron chi connectivity index (χ4n) is 2.05. The van der Waals surface area contributed by atoms with Crippen molar-refractivity contribution in [1.82, 2.24) is 5.32 Å². The number of carbonyl (C=O) groups excluding carboxylic acids is 1. The van der Waals surface area contributed by atoms with E-state index in [-0.39, 0.29) is 10.0 Å². The lowest BCUT2D eigenvalue weighted by molar-refractivity contribution is 0.0973. The van der Waals surface area contributed by atoms with Crippen LogP contribution in [0.5, 0.6) is 5.75 Å². The highest BCUT2D eigenvalue weighted by Gasteiger charge is 2.14. The highest BCUT2D eigenvalue weighted by atomic mass is 32.2. The van der Waals surface area contributed by atoms with E-state index in [0.717, 1.165) is 6.42 Å². The van der Waals surface area contributed by atoms with Gasteiger partial charge < -0.3 is 10.1 Å². The molecule has 0 aliphatic rings. The quantitative estimate of drug-likeness (QED) is 0.649. The summed E-state index contributed by atoms with van der Waals surface area (Å²) in [5, 5.41) is 10.5. The first-order valence-corrected chi connectivity index (χ1v) is 9.73. The summed E-state index contributed by atoms with van der Waals surface area (Å²) in [4.78, 5) is 12.4. The molecule has 0 spiro atoms. The van der Waals surface area contributed by atoms with Gasteiger partial charge in [0.2, 0.25) is 10.0 Å². The normalized spacial score (nSPS) is 10.8. The Morgan fingerprint density at radius 3 is 2.42 bits per heavy atom. The summed E-state index contributed by atoms with van der Waals surface area (Å²) in [5.41, 5.74) is 0.882. The zero-order chi connectivity index (χ0) is 19.2. The Morgan fingerprint density at radius 2 is 1.81 bits per heavy atom. The number of para-hydroxylation sites is 1. The SMILES string of the molecule is CCCOc1ccccc1C(=O)NC(=S)Nc1ccc(S(N)(=O)=O)cc1. The number of sulfonamides is 1. The predicted octanol–water partition coefficient (Wildman–Crippen LogP) is 2.25. The molecule has 26 heavy (non-hydrogen) atoms. The molecule has 0 bridgehead atoms. The third-order valence-electron chi connectivity index (χ3n) is 3.26. The van der Waals surface area contributed by atoms with Crippen molar-refractivity contribution in [3.63, 3.8) is 0 Å². The highest BCUT2D eigenvalue weighted by Crippen LogP contribution is 2.18. The van der Waals surface area contributed by atoms with E-state index in [1.165, 1.54) is 24.3 Å². The lowest BCUT2D eigenvalue weighted by Gasteiger charge is -2.13. The number of amides is 1. The fraction of sp³-hybridized carbons (Fsp3) is 0.176. The number of benzene rings is 2. The standard InChI is InChI=1S/C17H19N3O4S2/c1-2-11-24-15-6-4-3-5-14(15)16(21)20-17(25)19-12-7-9-13(10-8-12)26(18,22)23/h3-10H,2,11H2,1H3,(H2,18,22,23)(H2,19,20,21,25). The lowest BCUT2D eigenvalue weighted by Crippen LogP contribution is -2.34. The van der Waals surface area contributed by atoms with Gasteiger partial charge in [0, 0.05) is 5.69 Å². The number of hydrogen-bond acceptors (Lipinski definition) is 5. The number of nitrogens with two attached hydrogens (primary N) is 1. The molecule has 0 unspecified atom stereocenters. The number of rotatable bonds is 6. The number of carbonyl (C=O) groups is 1. The molecule has 1 amide bonds. The molecule has 0 aromatic heterocycles. The van der Waals surface area contributed by atoms with E-state index in [2.05, 4.69) is 10.6 Å². The Hall–Kier alpha value is -2.49. The van der Waals surface area contributed by atoms with E-state index < -0.39 is 15.9 Å². The first-order chi connectivity index (χ1) is 12.3. The molecule has 0 saturated heterocycles. The minimum atomic E-state index is -3.76. The second-order valence-corrected chi connectivity index (χ2v) is 7.29. The molecule has 7 nitrogen and oxygen atoms in total. The number of primary sulfonamides is 1. The Kier molecular flexibility index (Phi) is 6.67. The molecule has 0 aliphatic heterocycles. The maximum Gasteiger partial charge on any atom is 0.261 e. The van der Waals surface area contributed by atoms with Crippen molar-refractivity contribution in [2.45, 2.75) is 18.2 Å². The molecular formula is C17H19N3O4S2. The van der Waals surface area contributed by atoms with Crippen LogP contribution in [-0.4, -0.2) is 26.0 Å². The number of hydrogen-bond donors (Lipinski definition) is 3. The summed E-state index contributed by atoms with van der Waals surface area (Å²) >= 11 is 5.12. The van der Waals surface area contributed by atoms with Crippen LogP contribution in [0.15, 0.2) is 53.4 Å². The van der Waals surface area contributed by atoms with Crippen molar-refractivity contribution >= 4 is 38.9 Å². The van der Waals surface area contributed by atoms with Gasteiger partial charge in [-0.15, -0.1) is 0 Å². The molecule has 2 aromatic rings. The van der Waals surface area contributed by atoms with Gasteiger partial charge in [-0.1, -0.05) is 19.1 Å². The average molecular weight is 393 g/mol. The van der Waals surface area contributed by atoms with Gasteiger partial charge in [-0.05, 0) is 55.0 Å². The van der Waals surface area contributed by atoms with Crippen LogP contribution in [0.25, 0.3) is 0 Å². The minimum absolute atomic E-state index is 0.0139. The van der Waals surface area contributed by atoms with Gasteiger partial charge in [0.05, 0.1) is 17.1 Å². The van der Waals surface area contributed by atoms with Crippen LogP contribution >= 0.6 is 12.2 Å². The van der Waals surface area contributed by atoms with E-state index in [0.29, 0.717) is 23.6 Å². The molecule has 9 heteroatoms. The topological polar surface area (TPSA) is 111 Å². The summed E-state index contributed by atoms with van der Waals surface area (Å²) in [6.45, 7) is 2.48. The molecular weight excluding hydrogens is 374 g/mol.